The van der Waals surface area contributed by atoms with Gasteiger partial charge in [-0.15, -0.1) is 0 Å². The maximum absolute atomic E-state index is 13.2. The number of aromatic nitrogens is 2. The largest absolute Gasteiger partial charge is 0.332 e. The van der Waals surface area contributed by atoms with Gasteiger partial charge in [0, 0.05) is 23.9 Å². The molecule has 1 aliphatic rings. The molecule has 0 radical (unpaired) electrons. The third-order valence-electron chi connectivity index (χ3n) is 5.00. The number of carbonyl (C=O) groups is 1. The molecule has 0 unspecified atom stereocenters. The molecule has 1 amide bonds. The second-order valence-corrected chi connectivity index (χ2v) is 6.58. The first-order valence-electron chi connectivity index (χ1n) is 8.70. The first kappa shape index (κ1) is 15.6. The van der Waals surface area contributed by atoms with E-state index in [1.54, 1.807) is 6.20 Å². The van der Waals surface area contributed by atoms with Crippen molar-refractivity contribution in [2.45, 2.75) is 25.8 Å². The van der Waals surface area contributed by atoms with Gasteiger partial charge in [0.05, 0.1) is 12.2 Å². The van der Waals surface area contributed by atoms with Crippen molar-refractivity contribution in [3.8, 4) is 11.1 Å². The number of hydrogen-bond acceptors (Lipinski definition) is 2. The number of nitrogens with one attached hydrogen (secondary N) is 1. The van der Waals surface area contributed by atoms with E-state index in [9.17, 15) is 4.79 Å². The van der Waals surface area contributed by atoms with Crippen molar-refractivity contribution in [2.24, 2.45) is 0 Å². The lowest BCUT2D eigenvalue weighted by atomic mass is 9.98. The molecule has 0 bridgehead atoms. The molecule has 4 heteroatoms. The van der Waals surface area contributed by atoms with Gasteiger partial charge in [-0.1, -0.05) is 36.4 Å². The average molecular weight is 331 g/mol. The molecule has 4 nitrogen and oxygen atoms in total. The number of amides is 1. The summed E-state index contributed by atoms with van der Waals surface area (Å²) in [5.41, 5.74) is 5.25. The Hall–Kier alpha value is -2.88. The monoisotopic (exact) mass is 331 g/mol. The summed E-state index contributed by atoms with van der Waals surface area (Å²) in [5.74, 6) is 0.107. The van der Waals surface area contributed by atoms with E-state index < -0.39 is 0 Å². The van der Waals surface area contributed by atoms with Crippen molar-refractivity contribution in [2.75, 3.05) is 6.54 Å². The molecule has 1 aromatic heterocycles. The number of hydrogen-bond donors (Lipinski definition) is 1. The number of aryl methyl sites for hydroxylation is 1. The molecule has 1 fully saturated rings. The number of carbonyl (C=O) groups excluding carboxylic acids is 1. The van der Waals surface area contributed by atoms with Crippen LogP contribution in [0.1, 0.15) is 40.4 Å². The van der Waals surface area contributed by atoms with Gasteiger partial charge in [-0.25, -0.2) is 0 Å². The van der Waals surface area contributed by atoms with Crippen molar-refractivity contribution in [1.82, 2.24) is 15.1 Å². The van der Waals surface area contributed by atoms with Gasteiger partial charge < -0.3 is 4.90 Å². The second-order valence-electron chi connectivity index (χ2n) is 6.58. The SMILES string of the molecule is Cc1ccccc1[C@H]1CCCN1C(=O)c1cccc(-c2cn[nH]c2)c1. The van der Waals surface area contributed by atoms with Crippen LogP contribution < -0.4 is 0 Å². The fourth-order valence-corrected chi connectivity index (χ4v) is 3.70. The van der Waals surface area contributed by atoms with E-state index in [2.05, 4.69) is 35.3 Å². The Morgan fingerprint density at radius 3 is 2.84 bits per heavy atom. The fourth-order valence-electron chi connectivity index (χ4n) is 3.70. The number of likely N-dealkylation sites (tertiary alicyclic amines) is 1. The van der Waals surface area contributed by atoms with E-state index in [1.807, 2.05) is 41.4 Å². The van der Waals surface area contributed by atoms with Crippen LogP contribution in [0.15, 0.2) is 60.9 Å². The quantitative estimate of drug-likeness (QED) is 0.775. The number of nitrogens with zero attached hydrogens (tertiary/aromatic N) is 2. The Bertz CT molecular complexity index is 886. The molecule has 1 aliphatic heterocycles. The average Bonchev–Trinajstić information content (AvgIpc) is 3.33. The molecule has 2 heterocycles. The highest BCUT2D eigenvalue weighted by atomic mass is 16.2. The van der Waals surface area contributed by atoms with Crippen LogP contribution >= 0.6 is 0 Å². The van der Waals surface area contributed by atoms with E-state index in [1.165, 1.54) is 11.1 Å². The fraction of sp³-hybridized carbons (Fsp3) is 0.238. The van der Waals surface area contributed by atoms with E-state index in [-0.39, 0.29) is 11.9 Å². The van der Waals surface area contributed by atoms with Crippen molar-refractivity contribution in [3.05, 3.63) is 77.6 Å². The molecule has 3 aromatic rings. The standard InChI is InChI=1S/C21H21N3O/c1-15-6-2-3-9-19(15)20-10-5-11-24(20)21(25)17-8-4-7-16(12-17)18-13-22-23-14-18/h2-4,6-9,12-14,20H,5,10-11H2,1H3,(H,22,23)/t20-/m1/s1. The zero-order valence-corrected chi connectivity index (χ0v) is 14.3. The molecular weight excluding hydrogens is 310 g/mol. The highest BCUT2D eigenvalue weighted by Crippen LogP contribution is 2.35. The molecule has 1 N–H and O–H groups in total. The van der Waals surface area contributed by atoms with Gasteiger partial charge in [-0.2, -0.15) is 5.10 Å². The van der Waals surface area contributed by atoms with E-state index in [0.29, 0.717) is 0 Å². The molecule has 4 rings (SSSR count). The molecule has 2 aromatic carbocycles. The summed E-state index contributed by atoms with van der Waals surface area (Å²) in [6.07, 6.45) is 5.69. The van der Waals surface area contributed by atoms with Crippen molar-refractivity contribution in [1.29, 1.82) is 0 Å². The van der Waals surface area contributed by atoms with Crippen LogP contribution in [-0.2, 0) is 0 Å². The van der Waals surface area contributed by atoms with Gasteiger partial charge in [0.1, 0.15) is 0 Å². The van der Waals surface area contributed by atoms with Gasteiger partial charge in [-0.05, 0) is 48.6 Å². The lowest BCUT2D eigenvalue weighted by Gasteiger charge is -2.26. The maximum Gasteiger partial charge on any atom is 0.254 e. The first-order chi connectivity index (χ1) is 12.2. The van der Waals surface area contributed by atoms with Crippen LogP contribution in [0, 0.1) is 6.92 Å². The van der Waals surface area contributed by atoms with Crippen LogP contribution in [0.25, 0.3) is 11.1 Å². The summed E-state index contributed by atoms with van der Waals surface area (Å²) >= 11 is 0. The summed E-state index contributed by atoms with van der Waals surface area (Å²) < 4.78 is 0. The van der Waals surface area contributed by atoms with Crippen LogP contribution in [0.5, 0.6) is 0 Å². The topological polar surface area (TPSA) is 49.0 Å². The Morgan fingerprint density at radius 1 is 1.16 bits per heavy atom. The van der Waals surface area contributed by atoms with E-state index in [0.717, 1.165) is 36.1 Å². The number of rotatable bonds is 3. The predicted octanol–water partition coefficient (Wildman–Crippen LogP) is 4.36. The summed E-state index contributed by atoms with van der Waals surface area (Å²) in [7, 11) is 0. The molecule has 1 saturated heterocycles. The molecule has 0 saturated carbocycles. The molecular formula is C21H21N3O. The Labute approximate surface area is 147 Å². The summed E-state index contributed by atoms with van der Waals surface area (Å²) in [4.78, 5) is 15.2. The lowest BCUT2D eigenvalue weighted by molar-refractivity contribution is 0.0735. The van der Waals surface area contributed by atoms with E-state index in [4.69, 9.17) is 0 Å². The highest BCUT2D eigenvalue weighted by Gasteiger charge is 2.31. The van der Waals surface area contributed by atoms with E-state index >= 15 is 0 Å². The first-order valence-corrected chi connectivity index (χ1v) is 8.70. The summed E-state index contributed by atoms with van der Waals surface area (Å²) in [6.45, 7) is 2.93. The Morgan fingerprint density at radius 2 is 2.04 bits per heavy atom. The van der Waals surface area contributed by atoms with Gasteiger partial charge in [0.2, 0.25) is 0 Å². The molecule has 0 spiro atoms. The van der Waals surface area contributed by atoms with Gasteiger partial charge in [-0.3, -0.25) is 9.89 Å². The van der Waals surface area contributed by atoms with Crippen molar-refractivity contribution in [3.63, 3.8) is 0 Å². The third-order valence-corrected chi connectivity index (χ3v) is 5.00. The normalized spacial score (nSPS) is 17.0. The van der Waals surface area contributed by atoms with Gasteiger partial charge in [0.15, 0.2) is 0 Å². The lowest BCUT2D eigenvalue weighted by Crippen LogP contribution is -2.30. The van der Waals surface area contributed by atoms with Crippen LogP contribution in [0.3, 0.4) is 0 Å². The van der Waals surface area contributed by atoms with Crippen LogP contribution in [0.4, 0.5) is 0 Å². The second kappa shape index (κ2) is 6.55. The number of aromatic amines is 1. The highest BCUT2D eigenvalue weighted by molar-refractivity contribution is 5.96. The summed E-state index contributed by atoms with van der Waals surface area (Å²) in [6, 6.07) is 16.4. The minimum Gasteiger partial charge on any atom is -0.332 e. The molecule has 1 atom stereocenters. The molecule has 0 aliphatic carbocycles. The Balaban J connectivity index is 1.64. The zero-order valence-electron chi connectivity index (χ0n) is 14.3. The zero-order chi connectivity index (χ0) is 17.2. The van der Waals surface area contributed by atoms with Crippen molar-refractivity contribution >= 4 is 5.91 Å². The van der Waals surface area contributed by atoms with Crippen molar-refractivity contribution < 1.29 is 4.79 Å². The van der Waals surface area contributed by atoms with Crippen LogP contribution in [-0.4, -0.2) is 27.5 Å². The van der Waals surface area contributed by atoms with Gasteiger partial charge in [0.25, 0.3) is 5.91 Å². The Kier molecular flexibility index (Phi) is 4.10. The third kappa shape index (κ3) is 2.95. The number of benzene rings is 2. The molecule has 126 valence electrons. The number of H-pyrrole nitrogens is 1. The smallest absolute Gasteiger partial charge is 0.254 e. The molecule has 25 heavy (non-hydrogen) atoms. The predicted molar refractivity (Wildman–Crippen MR) is 98.2 cm³/mol. The van der Waals surface area contributed by atoms with Gasteiger partial charge >= 0.3 is 0 Å². The van der Waals surface area contributed by atoms with Crippen LogP contribution in [0.2, 0.25) is 0 Å². The maximum atomic E-state index is 13.2. The summed E-state index contributed by atoms with van der Waals surface area (Å²) in [5, 5.41) is 6.81. The minimum absolute atomic E-state index is 0.107. The minimum atomic E-state index is 0.107.